The van der Waals surface area contributed by atoms with Gasteiger partial charge in [-0.15, -0.1) is 0 Å². The van der Waals surface area contributed by atoms with Gasteiger partial charge in [0.2, 0.25) is 0 Å². The summed E-state index contributed by atoms with van der Waals surface area (Å²) in [6.45, 7) is 3.35. The van der Waals surface area contributed by atoms with Crippen molar-refractivity contribution in [3.63, 3.8) is 0 Å². The van der Waals surface area contributed by atoms with Crippen LogP contribution in [0.3, 0.4) is 0 Å². The summed E-state index contributed by atoms with van der Waals surface area (Å²) in [5, 5.41) is 11.4. The van der Waals surface area contributed by atoms with Crippen molar-refractivity contribution in [3.05, 3.63) is 0 Å². The molecule has 0 bridgehead atoms. The van der Waals surface area contributed by atoms with Crippen LogP contribution >= 0.6 is 0 Å². The highest BCUT2D eigenvalue weighted by atomic mass is 19.4. The number of rotatable bonds is 3. The molecule has 0 heterocycles. The third-order valence-corrected chi connectivity index (χ3v) is 1.67. The predicted molar refractivity (Wildman–Crippen MR) is 39.8 cm³/mol. The van der Waals surface area contributed by atoms with Gasteiger partial charge in [0.25, 0.3) is 0 Å². The average molecular weight is 185 g/mol. The first kappa shape index (κ1) is 11.7. The summed E-state index contributed by atoms with van der Waals surface area (Å²) in [6.07, 6.45) is -4.22. The van der Waals surface area contributed by atoms with Crippen LogP contribution in [0.25, 0.3) is 0 Å². The summed E-state index contributed by atoms with van der Waals surface area (Å²) in [5.41, 5.74) is -1.13. The van der Waals surface area contributed by atoms with Crippen molar-refractivity contribution >= 4 is 0 Å². The van der Waals surface area contributed by atoms with Gasteiger partial charge in [-0.05, 0) is 20.8 Å². The molecule has 12 heavy (non-hydrogen) atoms. The van der Waals surface area contributed by atoms with Gasteiger partial charge in [0.05, 0.1) is 12.1 Å². The Kier molecular flexibility index (Phi) is 3.53. The molecule has 0 aromatic rings. The molecular weight excluding hydrogens is 171 g/mol. The molecule has 0 aliphatic heterocycles. The number of halogens is 3. The summed E-state index contributed by atoms with van der Waals surface area (Å²) in [7, 11) is 0. The number of nitrogens with one attached hydrogen (secondary N) is 1. The highest BCUT2D eigenvalue weighted by molar-refractivity contribution is 4.80. The van der Waals surface area contributed by atoms with E-state index in [0.717, 1.165) is 0 Å². The molecule has 0 aromatic carbocycles. The van der Waals surface area contributed by atoms with Crippen molar-refractivity contribution in [1.29, 1.82) is 0 Å². The second kappa shape index (κ2) is 3.62. The maximum atomic E-state index is 11.7. The average Bonchev–Trinajstić information content (AvgIpc) is 1.78. The molecule has 1 atom stereocenters. The van der Waals surface area contributed by atoms with Crippen LogP contribution in [-0.2, 0) is 0 Å². The largest absolute Gasteiger partial charge is 0.401 e. The van der Waals surface area contributed by atoms with Gasteiger partial charge in [0, 0.05) is 6.04 Å². The summed E-state index contributed by atoms with van der Waals surface area (Å²) in [5.74, 6) is 0. The van der Waals surface area contributed by atoms with Crippen LogP contribution in [0.1, 0.15) is 20.8 Å². The lowest BCUT2D eigenvalue weighted by molar-refractivity contribution is -0.129. The Bertz CT molecular complexity index is 139. The van der Waals surface area contributed by atoms with Crippen molar-refractivity contribution in [2.24, 2.45) is 0 Å². The van der Waals surface area contributed by atoms with Crippen molar-refractivity contribution < 1.29 is 18.3 Å². The molecule has 5 heteroatoms. The maximum Gasteiger partial charge on any atom is 0.401 e. The van der Waals surface area contributed by atoms with E-state index >= 15 is 0 Å². The lowest BCUT2D eigenvalue weighted by Crippen LogP contribution is -2.47. The molecule has 0 amide bonds. The van der Waals surface area contributed by atoms with E-state index in [2.05, 4.69) is 5.32 Å². The van der Waals surface area contributed by atoms with Gasteiger partial charge in [0.15, 0.2) is 0 Å². The second-order valence-corrected chi connectivity index (χ2v) is 3.37. The molecule has 0 aliphatic carbocycles. The maximum absolute atomic E-state index is 11.7. The zero-order valence-electron chi connectivity index (χ0n) is 7.37. The lowest BCUT2D eigenvalue weighted by Gasteiger charge is -2.27. The summed E-state index contributed by atoms with van der Waals surface area (Å²) in [4.78, 5) is 0. The Balaban J connectivity index is 3.80. The second-order valence-electron chi connectivity index (χ2n) is 3.37. The van der Waals surface area contributed by atoms with Gasteiger partial charge in [-0.2, -0.15) is 13.2 Å². The number of alkyl halides is 3. The quantitative estimate of drug-likeness (QED) is 0.694. The Labute approximate surface area is 69.8 Å². The number of aliphatic hydroxyl groups is 1. The first-order valence-electron chi connectivity index (χ1n) is 3.65. The lowest BCUT2D eigenvalue weighted by atomic mass is 10.0. The van der Waals surface area contributed by atoms with E-state index in [-0.39, 0.29) is 0 Å². The van der Waals surface area contributed by atoms with Crippen LogP contribution in [-0.4, -0.2) is 29.5 Å². The van der Waals surface area contributed by atoms with Gasteiger partial charge in [-0.1, -0.05) is 0 Å². The third-order valence-electron chi connectivity index (χ3n) is 1.67. The molecule has 0 spiro atoms. The van der Waals surface area contributed by atoms with Gasteiger partial charge < -0.3 is 10.4 Å². The predicted octanol–water partition coefficient (Wildman–Crippen LogP) is 1.30. The Morgan fingerprint density at radius 1 is 1.33 bits per heavy atom. The van der Waals surface area contributed by atoms with Gasteiger partial charge in [-0.3, -0.25) is 0 Å². The molecule has 0 saturated heterocycles. The molecule has 2 nitrogen and oxygen atoms in total. The van der Waals surface area contributed by atoms with Gasteiger partial charge in [0.1, 0.15) is 0 Å². The molecule has 1 unspecified atom stereocenters. The van der Waals surface area contributed by atoms with E-state index in [0.29, 0.717) is 0 Å². The normalized spacial score (nSPS) is 16.2. The number of hydrogen-bond acceptors (Lipinski definition) is 2. The van der Waals surface area contributed by atoms with Crippen LogP contribution in [0.15, 0.2) is 0 Å². The Morgan fingerprint density at radius 2 is 1.75 bits per heavy atom. The molecule has 0 saturated carbocycles. The van der Waals surface area contributed by atoms with Crippen LogP contribution in [0, 0.1) is 0 Å². The first-order valence-corrected chi connectivity index (χ1v) is 3.65. The first-order chi connectivity index (χ1) is 5.13. The minimum Gasteiger partial charge on any atom is -0.389 e. The minimum absolute atomic E-state index is 0.584. The van der Waals surface area contributed by atoms with E-state index in [1.54, 1.807) is 0 Å². The molecule has 0 rings (SSSR count). The van der Waals surface area contributed by atoms with Gasteiger partial charge >= 0.3 is 6.18 Å². The highest BCUT2D eigenvalue weighted by Crippen LogP contribution is 2.14. The van der Waals surface area contributed by atoms with E-state index < -0.39 is 24.4 Å². The molecule has 2 N–H and O–H groups in total. The Morgan fingerprint density at radius 3 is 2.00 bits per heavy atom. The smallest absolute Gasteiger partial charge is 0.389 e. The summed E-state index contributed by atoms with van der Waals surface area (Å²) >= 11 is 0. The summed E-state index contributed by atoms with van der Waals surface area (Å²) < 4.78 is 35.0. The summed E-state index contributed by atoms with van der Waals surface area (Å²) in [6, 6.07) is -0.584. The fourth-order valence-electron chi connectivity index (χ4n) is 0.519. The fourth-order valence-corrected chi connectivity index (χ4v) is 0.519. The Hall–Kier alpha value is -0.290. The third kappa shape index (κ3) is 5.37. The van der Waals surface area contributed by atoms with Crippen LogP contribution in [0.5, 0.6) is 0 Å². The van der Waals surface area contributed by atoms with Crippen LogP contribution in [0.2, 0.25) is 0 Å². The molecule has 74 valence electrons. The molecule has 0 fully saturated rings. The standard InChI is InChI=1S/C7H14F3NO/c1-5(6(2,3)12)11-4-7(8,9)10/h5,11-12H,4H2,1-3H3. The SMILES string of the molecule is CC(NCC(F)(F)F)C(C)(C)O. The van der Waals surface area contributed by atoms with Crippen LogP contribution < -0.4 is 5.32 Å². The zero-order valence-corrected chi connectivity index (χ0v) is 7.37. The number of hydrogen-bond donors (Lipinski definition) is 2. The van der Waals surface area contributed by atoms with E-state index in [4.69, 9.17) is 0 Å². The van der Waals surface area contributed by atoms with Crippen molar-refractivity contribution in [1.82, 2.24) is 5.32 Å². The van der Waals surface area contributed by atoms with E-state index in [1.807, 2.05) is 0 Å². The van der Waals surface area contributed by atoms with Crippen LogP contribution in [0.4, 0.5) is 13.2 Å². The minimum atomic E-state index is -4.22. The zero-order chi connectivity index (χ0) is 9.99. The monoisotopic (exact) mass is 185 g/mol. The fraction of sp³-hybridized carbons (Fsp3) is 1.00. The molecule has 0 aliphatic rings. The topological polar surface area (TPSA) is 32.3 Å². The molecule has 0 aromatic heterocycles. The highest BCUT2D eigenvalue weighted by Gasteiger charge is 2.30. The molecule has 0 radical (unpaired) electrons. The van der Waals surface area contributed by atoms with Crippen molar-refractivity contribution in [2.45, 2.75) is 38.6 Å². The van der Waals surface area contributed by atoms with Crippen molar-refractivity contribution in [2.75, 3.05) is 6.54 Å². The van der Waals surface area contributed by atoms with E-state index in [1.165, 1.54) is 20.8 Å². The molecular formula is C7H14F3NO. The van der Waals surface area contributed by atoms with Gasteiger partial charge in [-0.25, -0.2) is 0 Å². The van der Waals surface area contributed by atoms with Crippen molar-refractivity contribution in [3.8, 4) is 0 Å². The van der Waals surface area contributed by atoms with E-state index in [9.17, 15) is 18.3 Å².